The number of halogens is 1. The molecule has 1 atom stereocenters. The lowest BCUT2D eigenvalue weighted by Crippen LogP contribution is -2.35. The molecule has 0 saturated carbocycles. The molecule has 1 unspecified atom stereocenters. The largest absolute Gasteiger partial charge is 0.457 e. The van der Waals surface area contributed by atoms with E-state index in [1.54, 1.807) is 19.2 Å². The lowest BCUT2D eigenvalue weighted by atomic mass is 10.1. The van der Waals surface area contributed by atoms with Crippen molar-refractivity contribution in [3.05, 3.63) is 54.1 Å². The molecule has 0 aromatic heterocycles. The van der Waals surface area contributed by atoms with E-state index in [0.29, 0.717) is 24.5 Å². The first-order valence-corrected chi connectivity index (χ1v) is 8.54. The van der Waals surface area contributed by atoms with Crippen LogP contribution in [0.4, 0.5) is 5.69 Å². The fourth-order valence-electron chi connectivity index (χ4n) is 2.36. The number of carbonyl (C=O) groups excluding carboxylic acids is 1. The van der Waals surface area contributed by atoms with Crippen molar-refractivity contribution in [3.63, 3.8) is 0 Å². The Morgan fingerprint density at radius 2 is 1.65 bits per heavy atom. The van der Waals surface area contributed by atoms with Crippen LogP contribution in [0.5, 0.6) is 11.5 Å². The number of benzene rings is 2. The average Bonchev–Trinajstić information content (AvgIpc) is 2.63. The molecule has 0 saturated heterocycles. The minimum atomic E-state index is -0.474. The average molecular weight is 379 g/mol. The van der Waals surface area contributed by atoms with E-state index in [2.05, 4.69) is 5.32 Å². The van der Waals surface area contributed by atoms with Crippen LogP contribution in [-0.4, -0.2) is 25.7 Å². The molecule has 142 valence electrons. The van der Waals surface area contributed by atoms with E-state index < -0.39 is 6.04 Å². The van der Waals surface area contributed by atoms with Crippen molar-refractivity contribution in [2.75, 3.05) is 19.0 Å². The predicted octanol–water partition coefficient (Wildman–Crippen LogP) is 4.16. The van der Waals surface area contributed by atoms with Crippen molar-refractivity contribution in [2.45, 2.75) is 32.2 Å². The molecular formula is C20H27ClN2O3. The Balaban J connectivity index is 0.00000338. The van der Waals surface area contributed by atoms with Gasteiger partial charge >= 0.3 is 0 Å². The van der Waals surface area contributed by atoms with E-state index in [1.165, 1.54) is 5.56 Å². The molecular weight excluding hydrogens is 352 g/mol. The van der Waals surface area contributed by atoms with Gasteiger partial charge in [0, 0.05) is 12.8 Å². The minimum Gasteiger partial charge on any atom is -0.457 e. The zero-order valence-corrected chi connectivity index (χ0v) is 16.1. The molecule has 2 rings (SSSR count). The fraction of sp³-hybridized carbons (Fsp3) is 0.350. The Labute approximate surface area is 161 Å². The van der Waals surface area contributed by atoms with Crippen molar-refractivity contribution in [1.29, 1.82) is 0 Å². The molecule has 0 aliphatic heterocycles. The molecule has 0 spiro atoms. The van der Waals surface area contributed by atoms with Gasteiger partial charge in [-0.2, -0.15) is 0 Å². The van der Waals surface area contributed by atoms with Gasteiger partial charge in [0.1, 0.15) is 11.5 Å². The number of hydrogen-bond donors (Lipinski definition) is 2. The number of nitrogens with two attached hydrogens (primary N) is 1. The van der Waals surface area contributed by atoms with Crippen LogP contribution in [0.2, 0.25) is 0 Å². The summed E-state index contributed by atoms with van der Waals surface area (Å²) in [6, 6.07) is 14.7. The summed E-state index contributed by atoms with van der Waals surface area (Å²) in [6.45, 7) is 2.71. The monoisotopic (exact) mass is 378 g/mol. The molecule has 0 bridgehead atoms. The molecule has 0 aliphatic carbocycles. The Kier molecular flexibility index (Phi) is 9.73. The van der Waals surface area contributed by atoms with Gasteiger partial charge in [0.05, 0.1) is 12.6 Å². The lowest BCUT2D eigenvalue weighted by molar-refractivity contribution is -0.117. The Hall–Kier alpha value is -2.08. The van der Waals surface area contributed by atoms with Crippen molar-refractivity contribution < 1.29 is 14.3 Å². The summed E-state index contributed by atoms with van der Waals surface area (Å²) in [5.41, 5.74) is 7.72. The van der Waals surface area contributed by atoms with Crippen LogP contribution in [0.25, 0.3) is 0 Å². The van der Waals surface area contributed by atoms with Gasteiger partial charge in [0.25, 0.3) is 0 Å². The van der Waals surface area contributed by atoms with E-state index in [4.69, 9.17) is 15.2 Å². The van der Waals surface area contributed by atoms with Crippen LogP contribution >= 0.6 is 12.4 Å². The zero-order valence-electron chi connectivity index (χ0n) is 15.2. The van der Waals surface area contributed by atoms with Gasteiger partial charge < -0.3 is 20.5 Å². The summed E-state index contributed by atoms with van der Waals surface area (Å²) in [6.07, 6.45) is 2.43. The van der Waals surface area contributed by atoms with Crippen LogP contribution in [0.3, 0.4) is 0 Å². The maximum Gasteiger partial charge on any atom is 0.241 e. The SMILES string of the molecule is CCCC(N)C(=O)Nc1ccc(Oc2ccc(CCOC)cc2)cc1.Cl. The van der Waals surface area contributed by atoms with Crippen LogP contribution in [-0.2, 0) is 16.0 Å². The molecule has 5 nitrogen and oxygen atoms in total. The van der Waals surface area contributed by atoms with Crippen LogP contribution in [0.15, 0.2) is 48.5 Å². The first-order chi connectivity index (χ1) is 12.1. The lowest BCUT2D eigenvalue weighted by Gasteiger charge is -2.12. The highest BCUT2D eigenvalue weighted by molar-refractivity contribution is 5.94. The summed E-state index contributed by atoms with van der Waals surface area (Å²) in [5.74, 6) is 1.31. The topological polar surface area (TPSA) is 73.6 Å². The molecule has 2 aromatic rings. The van der Waals surface area contributed by atoms with Crippen molar-refractivity contribution >= 4 is 24.0 Å². The quantitative estimate of drug-likeness (QED) is 0.687. The summed E-state index contributed by atoms with van der Waals surface area (Å²) >= 11 is 0. The number of methoxy groups -OCH3 is 1. The Bertz CT molecular complexity index is 660. The maximum atomic E-state index is 11.9. The standard InChI is InChI=1S/C20H26N2O3.ClH/c1-3-4-19(21)20(23)22-16-7-11-18(12-8-16)25-17-9-5-15(6-10-17)13-14-24-2;/h5-12,19H,3-4,13-14,21H2,1-2H3,(H,22,23);1H. The molecule has 0 radical (unpaired) electrons. The van der Waals surface area contributed by atoms with Gasteiger partial charge in [0.2, 0.25) is 5.91 Å². The maximum absolute atomic E-state index is 11.9. The molecule has 1 amide bonds. The van der Waals surface area contributed by atoms with E-state index in [-0.39, 0.29) is 18.3 Å². The number of carbonyl (C=O) groups is 1. The third kappa shape index (κ3) is 7.04. The Morgan fingerprint density at radius 3 is 2.19 bits per heavy atom. The second-order valence-electron chi connectivity index (χ2n) is 5.90. The summed E-state index contributed by atoms with van der Waals surface area (Å²) in [5, 5.41) is 2.81. The molecule has 0 heterocycles. The minimum absolute atomic E-state index is 0. The molecule has 26 heavy (non-hydrogen) atoms. The van der Waals surface area contributed by atoms with Crippen LogP contribution in [0, 0.1) is 0 Å². The first kappa shape index (κ1) is 22.0. The van der Waals surface area contributed by atoms with Gasteiger partial charge in [-0.1, -0.05) is 25.5 Å². The van der Waals surface area contributed by atoms with E-state index in [0.717, 1.165) is 18.6 Å². The third-order valence-corrected chi connectivity index (χ3v) is 3.81. The molecule has 2 aromatic carbocycles. The van der Waals surface area contributed by atoms with Gasteiger partial charge in [-0.05, 0) is 54.8 Å². The summed E-state index contributed by atoms with van der Waals surface area (Å²) in [4.78, 5) is 11.9. The normalized spacial score (nSPS) is 11.3. The van der Waals surface area contributed by atoms with Crippen molar-refractivity contribution in [3.8, 4) is 11.5 Å². The van der Waals surface area contributed by atoms with E-state index in [9.17, 15) is 4.79 Å². The van der Waals surface area contributed by atoms with Crippen LogP contribution < -0.4 is 15.8 Å². The number of nitrogens with one attached hydrogen (secondary N) is 1. The van der Waals surface area contributed by atoms with Gasteiger partial charge in [-0.3, -0.25) is 4.79 Å². The summed E-state index contributed by atoms with van der Waals surface area (Å²) < 4.78 is 10.9. The summed E-state index contributed by atoms with van der Waals surface area (Å²) in [7, 11) is 1.70. The second kappa shape index (κ2) is 11.5. The fourth-order valence-corrected chi connectivity index (χ4v) is 2.36. The number of anilines is 1. The highest BCUT2D eigenvalue weighted by Gasteiger charge is 2.12. The highest BCUT2D eigenvalue weighted by atomic mass is 35.5. The molecule has 0 fully saturated rings. The van der Waals surface area contributed by atoms with Gasteiger partial charge in [-0.25, -0.2) is 0 Å². The van der Waals surface area contributed by atoms with Gasteiger partial charge in [0.15, 0.2) is 0 Å². The van der Waals surface area contributed by atoms with Crippen molar-refractivity contribution in [1.82, 2.24) is 0 Å². The third-order valence-electron chi connectivity index (χ3n) is 3.81. The zero-order chi connectivity index (χ0) is 18.1. The number of hydrogen-bond acceptors (Lipinski definition) is 4. The van der Waals surface area contributed by atoms with Gasteiger partial charge in [-0.15, -0.1) is 12.4 Å². The van der Waals surface area contributed by atoms with E-state index in [1.807, 2.05) is 43.3 Å². The number of rotatable bonds is 9. The van der Waals surface area contributed by atoms with Crippen LogP contribution in [0.1, 0.15) is 25.3 Å². The van der Waals surface area contributed by atoms with Crippen molar-refractivity contribution in [2.24, 2.45) is 5.73 Å². The molecule has 6 heteroatoms. The number of amides is 1. The van der Waals surface area contributed by atoms with E-state index >= 15 is 0 Å². The predicted molar refractivity (Wildman–Crippen MR) is 107 cm³/mol. The smallest absolute Gasteiger partial charge is 0.241 e. The Morgan fingerprint density at radius 1 is 1.08 bits per heavy atom. The molecule has 3 N–H and O–H groups in total. The number of ether oxygens (including phenoxy) is 2. The second-order valence-corrected chi connectivity index (χ2v) is 5.90. The highest BCUT2D eigenvalue weighted by Crippen LogP contribution is 2.23. The first-order valence-electron chi connectivity index (χ1n) is 8.54. The molecule has 0 aliphatic rings.